The van der Waals surface area contributed by atoms with Gasteiger partial charge in [0.15, 0.2) is 0 Å². The molecule has 1 fully saturated rings. The number of hydrogen-bond acceptors (Lipinski definition) is 4. The lowest BCUT2D eigenvalue weighted by Crippen LogP contribution is -2.42. The second-order valence-electron chi connectivity index (χ2n) is 5.97. The maximum absolute atomic E-state index is 11.8. The fourth-order valence-corrected chi connectivity index (χ4v) is 2.77. The van der Waals surface area contributed by atoms with Crippen molar-refractivity contribution in [2.45, 2.75) is 45.0 Å². The van der Waals surface area contributed by atoms with Crippen LogP contribution in [0.5, 0.6) is 0 Å². The molecule has 1 aliphatic rings. The van der Waals surface area contributed by atoms with E-state index in [2.05, 4.69) is 24.4 Å². The molecule has 3 unspecified atom stereocenters. The van der Waals surface area contributed by atoms with Crippen LogP contribution in [0.1, 0.15) is 32.4 Å². The fraction of sp³-hybridized carbons (Fsp3) is 0.588. The van der Waals surface area contributed by atoms with E-state index in [1.54, 1.807) is 4.90 Å². The van der Waals surface area contributed by atoms with E-state index in [4.69, 9.17) is 9.47 Å². The minimum absolute atomic E-state index is 0.0252. The van der Waals surface area contributed by atoms with Gasteiger partial charge in [0, 0.05) is 12.1 Å². The van der Waals surface area contributed by atoms with Gasteiger partial charge in [-0.15, -0.1) is 0 Å². The van der Waals surface area contributed by atoms with Crippen LogP contribution in [-0.2, 0) is 9.47 Å². The van der Waals surface area contributed by atoms with E-state index in [1.165, 1.54) is 0 Å². The fourth-order valence-electron chi connectivity index (χ4n) is 2.77. The lowest BCUT2D eigenvalue weighted by atomic mass is 10.0. The highest BCUT2D eigenvalue weighted by atomic mass is 16.6. The summed E-state index contributed by atoms with van der Waals surface area (Å²) in [5.41, 5.74) is 1.13. The van der Waals surface area contributed by atoms with Crippen molar-refractivity contribution < 1.29 is 14.3 Å². The van der Waals surface area contributed by atoms with Crippen molar-refractivity contribution in [1.29, 1.82) is 0 Å². The maximum atomic E-state index is 11.8. The highest BCUT2D eigenvalue weighted by molar-refractivity contribution is 5.70. The number of amides is 1. The molecule has 0 spiro atoms. The normalized spacial score (nSPS) is 21.0. The predicted octanol–water partition coefficient (Wildman–Crippen LogP) is 2.58. The number of ether oxygens (including phenoxy) is 2. The van der Waals surface area contributed by atoms with Crippen molar-refractivity contribution in [1.82, 2.24) is 10.2 Å². The van der Waals surface area contributed by atoms with Crippen LogP contribution in [0.25, 0.3) is 0 Å². The Morgan fingerprint density at radius 1 is 1.32 bits per heavy atom. The number of rotatable bonds is 7. The first kappa shape index (κ1) is 16.8. The van der Waals surface area contributed by atoms with Crippen LogP contribution in [-0.4, -0.2) is 49.4 Å². The number of carbonyl (C=O) groups is 1. The van der Waals surface area contributed by atoms with Gasteiger partial charge in [0.1, 0.15) is 6.61 Å². The van der Waals surface area contributed by atoms with E-state index in [9.17, 15) is 4.79 Å². The smallest absolute Gasteiger partial charge is 0.410 e. The van der Waals surface area contributed by atoms with Gasteiger partial charge in [0.25, 0.3) is 0 Å². The first-order chi connectivity index (χ1) is 10.5. The maximum Gasteiger partial charge on any atom is 0.410 e. The Labute approximate surface area is 132 Å². The third kappa shape index (κ3) is 3.78. The standard InChI is InChI=1S/C17H26N2O3/c1-12(2)19-15(11-22-17(19)20)10-21-16(13(3)18-4)14-8-6-5-7-9-14/h5-9,12-13,15-16,18H,10-11H2,1-4H3. The van der Waals surface area contributed by atoms with Gasteiger partial charge in [-0.05, 0) is 33.4 Å². The van der Waals surface area contributed by atoms with E-state index in [1.807, 2.05) is 39.1 Å². The van der Waals surface area contributed by atoms with Crippen molar-refractivity contribution in [3.8, 4) is 0 Å². The predicted molar refractivity (Wildman–Crippen MR) is 85.8 cm³/mol. The third-order valence-corrected chi connectivity index (χ3v) is 4.07. The summed E-state index contributed by atoms with van der Waals surface area (Å²) in [7, 11) is 1.92. The molecule has 1 aromatic carbocycles. The van der Waals surface area contributed by atoms with Gasteiger partial charge in [-0.2, -0.15) is 0 Å². The number of cyclic esters (lactones) is 1. The van der Waals surface area contributed by atoms with Crippen LogP contribution < -0.4 is 5.32 Å². The molecule has 0 radical (unpaired) electrons. The SMILES string of the molecule is CNC(C)C(OCC1COC(=O)N1C(C)C)c1ccccc1. The Bertz CT molecular complexity index is 478. The monoisotopic (exact) mass is 306 g/mol. The van der Waals surface area contributed by atoms with Crippen molar-refractivity contribution in [2.24, 2.45) is 0 Å². The molecule has 22 heavy (non-hydrogen) atoms. The summed E-state index contributed by atoms with van der Waals surface area (Å²) < 4.78 is 11.3. The van der Waals surface area contributed by atoms with Gasteiger partial charge in [0.05, 0.1) is 18.8 Å². The van der Waals surface area contributed by atoms with Crippen LogP contribution in [0.4, 0.5) is 4.79 Å². The number of hydrogen-bond donors (Lipinski definition) is 1. The Balaban J connectivity index is 2.04. The van der Waals surface area contributed by atoms with E-state index >= 15 is 0 Å². The molecule has 3 atom stereocenters. The molecule has 1 heterocycles. The zero-order valence-electron chi connectivity index (χ0n) is 13.8. The number of benzene rings is 1. The Morgan fingerprint density at radius 2 is 2.00 bits per heavy atom. The number of nitrogens with one attached hydrogen (secondary N) is 1. The second-order valence-corrected chi connectivity index (χ2v) is 5.97. The zero-order chi connectivity index (χ0) is 16.1. The molecular weight excluding hydrogens is 280 g/mol. The molecule has 5 heteroatoms. The van der Waals surface area contributed by atoms with Gasteiger partial charge in [-0.3, -0.25) is 4.90 Å². The first-order valence-corrected chi connectivity index (χ1v) is 7.83. The third-order valence-electron chi connectivity index (χ3n) is 4.07. The van der Waals surface area contributed by atoms with Crippen LogP contribution in [0.15, 0.2) is 30.3 Å². The topological polar surface area (TPSA) is 50.8 Å². The lowest BCUT2D eigenvalue weighted by Gasteiger charge is -2.29. The molecule has 1 saturated heterocycles. The summed E-state index contributed by atoms with van der Waals surface area (Å²) in [6.45, 7) is 6.94. The van der Waals surface area contributed by atoms with Gasteiger partial charge in [0.2, 0.25) is 0 Å². The number of nitrogens with zero attached hydrogens (tertiary/aromatic N) is 1. The highest BCUT2D eigenvalue weighted by Crippen LogP contribution is 2.24. The Hall–Kier alpha value is -1.59. The van der Waals surface area contributed by atoms with Crippen LogP contribution in [0.3, 0.4) is 0 Å². The summed E-state index contributed by atoms with van der Waals surface area (Å²) in [4.78, 5) is 13.5. The van der Waals surface area contributed by atoms with Crippen LogP contribution in [0, 0.1) is 0 Å². The quantitative estimate of drug-likeness (QED) is 0.841. The summed E-state index contributed by atoms with van der Waals surface area (Å²) in [6.07, 6.45) is -0.308. The zero-order valence-corrected chi connectivity index (χ0v) is 13.8. The summed E-state index contributed by atoms with van der Waals surface area (Å²) in [5, 5.41) is 3.24. The molecule has 0 saturated carbocycles. The number of carbonyl (C=O) groups excluding carboxylic acids is 1. The molecule has 1 aromatic rings. The van der Waals surface area contributed by atoms with Gasteiger partial charge in [-0.25, -0.2) is 4.79 Å². The van der Waals surface area contributed by atoms with Crippen molar-refractivity contribution in [3.63, 3.8) is 0 Å². The second kappa shape index (κ2) is 7.61. The average Bonchev–Trinajstić information content (AvgIpc) is 2.89. The van der Waals surface area contributed by atoms with Gasteiger partial charge < -0.3 is 14.8 Å². The van der Waals surface area contributed by atoms with E-state index in [0.717, 1.165) is 5.56 Å². The minimum Gasteiger partial charge on any atom is -0.447 e. The minimum atomic E-state index is -0.249. The van der Waals surface area contributed by atoms with Crippen molar-refractivity contribution in [2.75, 3.05) is 20.3 Å². The Kier molecular flexibility index (Phi) is 5.80. The Morgan fingerprint density at radius 3 is 2.59 bits per heavy atom. The number of likely N-dealkylation sites (N-methyl/N-ethyl adjacent to an activating group) is 1. The lowest BCUT2D eigenvalue weighted by molar-refractivity contribution is 0.00236. The van der Waals surface area contributed by atoms with Crippen molar-refractivity contribution >= 4 is 6.09 Å². The highest BCUT2D eigenvalue weighted by Gasteiger charge is 2.35. The summed E-state index contributed by atoms with van der Waals surface area (Å²) in [5.74, 6) is 0. The molecule has 0 bridgehead atoms. The summed E-state index contributed by atoms with van der Waals surface area (Å²) >= 11 is 0. The van der Waals surface area contributed by atoms with E-state index in [-0.39, 0.29) is 30.3 Å². The van der Waals surface area contributed by atoms with Crippen LogP contribution >= 0.6 is 0 Å². The molecule has 0 aliphatic carbocycles. The van der Waals surface area contributed by atoms with Gasteiger partial charge in [-0.1, -0.05) is 30.3 Å². The summed E-state index contributed by atoms with van der Waals surface area (Å²) in [6, 6.07) is 10.4. The van der Waals surface area contributed by atoms with Crippen LogP contribution in [0.2, 0.25) is 0 Å². The molecule has 1 aliphatic heterocycles. The molecule has 122 valence electrons. The molecule has 5 nitrogen and oxygen atoms in total. The molecule has 2 rings (SSSR count). The molecule has 0 aromatic heterocycles. The molecule has 1 N–H and O–H groups in total. The largest absolute Gasteiger partial charge is 0.447 e. The average molecular weight is 306 g/mol. The first-order valence-electron chi connectivity index (χ1n) is 7.83. The van der Waals surface area contributed by atoms with E-state index < -0.39 is 0 Å². The van der Waals surface area contributed by atoms with E-state index in [0.29, 0.717) is 13.2 Å². The van der Waals surface area contributed by atoms with Crippen molar-refractivity contribution in [3.05, 3.63) is 35.9 Å². The molecule has 1 amide bonds. The van der Waals surface area contributed by atoms with Gasteiger partial charge >= 0.3 is 6.09 Å². The molecular formula is C17H26N2O3.